The van der Waals surface area contributed by atoms with Gasteiger partial charge in [0.15, 0.2) is 18.2 Å². The average Bonchev–Trinajstić information content (AvgIpc) is 3.35. The van der Waals surface area contributed by atoms with Gasteiger partial charge in [-0.05, 0) is 36.8 Å². The number of nitrogens with zero attached hydrogens (tertiary/aromatic N) is 4. The molecule has 0 saturated carbocycles. The molecule has 4 aromatic rings. The van der Waals surface area contributed by atoms with Crippen LogP contribution in [0, 0.1) is 6.92 Å². The van der Waals surface area contributed by atoms with Crippen molar-refractivity contribution in [3.63, 3.8) is 0 Å². The van der Waals surface area contributed by atoms with Gasteiger partial charge in [0.25, 0.3) is 5.91 Å². The van der Waals surface area contributed by atoms with Gasteiger partial charge in [-0.3, -0.25) is 9.48 Å². The summed E-state index contributed by atoms with van der Waals surface area (Å²) in [7, 11) is 0. The van der Waals surface area contributed by atoms with Gasteiger partial charge in [0.2, 0.25) is 0 Å². The van der Waals surface area contributed by atoms with Crippen LogP contribution in [0.3, 0.4) is 0 Å². The number of benzene rings is 2. The molecule has 2 aromatic carbocycles. The number of hydrogen-bond donors (Lipinski definition) is 1. The Balaban J connectivity index is 1.37. The van der Waals surface area contributed by atoms with Gasteiger partial charge in [-0.25, -0.2) is 4.68 Å². The molecule has 7 nitrogen and oxygen atoms in total. The summed E-state index contributed by atoms with van der Waals surface area (Å²) in [6, 6.07) is 18.8. The maximum atomic E-state index is 12.6. The molecular weight excluding hydrogens is 482 g/mol. The molecule has 2 aromatic heterocycles. The van der Waals surface area contributed by atoms with E-state index >= 15 is 0 Å². The van der Waals surface area contributed by atoms with Crippen LogP contribution in [0.25, 0.3) is 0 Å². The van der Waals surface area contributed by atoms with Crippen LogP contribution in [0.15, 0.2) is 71.3 Å². The third-order valence-corrected chi connectivity index (χ3v) is 5.31. The highest BCUT2D eigenvalue weighted by Crippen LogP contribution is 2.27. The Morgan fingerprint density at radius 3 is 2.71 bits per heavy atom. The predicted octanol–water partition coefficient (Wildman–Crippen LogP) is 5.14. The summed E-state index contributed by atoms with van der Waals surface area (Å²) >= 11 is 9.50. The van der Waals surface area contributed by atoms with Gasteiger partial charge in [-0.15, -0.1) is 0 Å². The summed E-state index contributed by atoms with van der Waals surface area (Å²) < 4.78 is 9.90. The van der Waals surface area contributed by atoms with E-state index < -0.39 is 0 Å². The zero-order chi connectivity index (χ0) is 21.8. The summed E-state index contributed by atoms with van der Waals surface area (Å²) in [5.74, 6) is 0.668. The van der Waals surface area contributed by atoms with Gasteiger partial charge < -0.3 is 10.1 Å². The van der Waals surface area contributed by atoms with E-state index in [1.807, 2.05) is 54.1 Å². The molecule has 31 heavy (non-hydrogen) atoms. The minimum atomic E-state index is -0.343. The highest BCUT2D eigenvalue weighted by Gasteiger charge is 2.13. The number of rotatable bonds is 7. The summed E-state index contributed by atoms with van der Waals surface area (Å²) in [6.07, 6.45) is 1.67. The second-order valence-electron chi connectivity index (χ2n) is 6.86. The number of carbonyl (C=O) groups is 1. The fourth-order valence-corrected chi connectivity index (χ4v) is 3.68. The Bertz CT molecular complexity index is 1210. The number of amides is 1. The van der Waals surface area contributed by atoms with Crippen LogP contribution in [0.4, 0.5) is 5.82 Å². The summed E-state index contributed by atoms with van der Waals surface area (Å²) in [5, 5.41) is 12.0. The predicted molar refractivity (Wildman–Crippen MR) is 122 cm³/mol. The molecule has 0 spiro atoms. The topological polar surface area (TPSA) is 74.0 Å². The summed E-state index contributed by atoms with van der Waals surface area (Å²) in [5.41, 5.74) is 2.35. The van der Waals surface area contributed by atoms with Gasteiger partial charge >= 0.3 is 0 Å². The van der Waals surface area contributed by atoms with Crippen LogP contribution in [-0.2, 0) is 13.3 Å². The molecule has 0 saturated heterocycles. The van der Waals surface area contributed by atoms with Gasteiger partial charge in [0.1, 0.15) is 5.75 Å². The number of ether oxygens (including phenoxy) is 1. The minimum Gasteiger partial charge on any atom is -0.470 e. The highest BCUT2D eigenvalue weighted by molar-refractivity contribution is 9.10. The Hall–Kier alpha value is -3.10. The van der Waals surface area contributed by atoms with Gasteiger partial charge in [-0.2, -0.15) is 10.2 Å². The Labute approximate surface area is 192 Å². The summed E-state index contributed by atoms with van der Waals surface area (Å²) in [4.78, 5) is 12.6. The van der Waals surface area contributed by atoms with E-state index in [4.69, 9.17) is 16.3 Å². The molecule has 0 unspecified atom stereocenters. The number of hydrogen-bond acceptors (Lipinski definition) is 4. The van der Waals surface area contributed by atoms with Crippen LogP contribution in [0.1, 0.15) is 21.7 Å². The largest absolute Gasteiger partial charge is 0.470 e. The quantitative estimate of drug-likeness (QED) is 0.381. The molecule has 1 N–H and O–H groups in total. The molecule has 0 aliphatic heterocycles. The van der Waals surface area contributed by atoms with Crippen molar-refractivity contribution in [3.05, 3.63) is 93.3 Å². The smallest absolute Gasteiger partial charge is 0.277 e. The first-order valence-corrected chi connectivity index (χ1v) is 10.7. The van der Waals surface area contributed by atoms with E-state index in [0.717, 1.165) is 15.7 Å². The van der Waals surface area contributed by atoms with Crippen LogP contribution in [0.2, 0.25) is 5.02 Å². The van der Waals surface area contributed by atoms with Crippen molar-refractivity contribution in [1.29, 1.82) is 0 Å². The Morgan fingerprint density at radius 2 is 1.94 bits per heavy atom. The van der Waals surface area contributed by atoms with E-state index in [-0.39, 0.29) is 18.3 Å². The maximum absolute atomic E-state index is 12.6. The fourth-order valence-electron chi connectivity index (χ4n) is 2.95. The molecule has 0 aliphatic carbocycles. The van der Waals surface area contributed by atoms with Crippen molar-refractivity contribution in [3.8, 4) is 5.75 Å². The van der Waals surface area contributed by atoms with Crippen LogP contribution >= 0.6 is 27.5 Å². The first-order valence-electron chi connectivity index (χ1n) is 9.49. The average molecular weight is 501 g/mol. The monoisotopic (exact) mass is 499 g/mol. The molecule has 0 radical (unpaired) electrons. The molecular formula is C22H19BrClN5O2. The number of halogens is 2. The number of nitrogens with one attached hydrogen (secondary N) is 1. The van der Waals surface area contributed by atoms with E-state index in [1.54, 1.807) is 24.4 Å². The van der Waals surface area contributed by atoms with Gasteiger partial charge in [-0.1, -0.05) is 57.9 Å². The second kappa shape index (κ2) is 9.36. The highest BCUT2D eigenvalue weighted by atomic mass is 79.9. The van der Waals surface area contributed by atoms with Crippen LogP contribution in [-0.4, -0.2) is 25.5 Å². The van der Waals surface area contributed by atoms with E-state index in [2.05, 4.69) is 31.4 Å². The molecule has 158 valence electrons. The molecule has 0 aliphatic rings. The van der Waals surface area contributed by atoms with Crippen molar-refractivity contribution >= 4 is 39.3 Å². The SMILES string of the molecule is Cc1cc(NC(=O)c2ccn(COc3ccc(Br)cc3Cl)n2)nn1Cc1ccccc1. The Kier molecular flexibility index (Phi) is 6.39. The zero-order valence-electron chi connectivity index (χ0n) is 16.6. The third-order valence-electron chi connectivity index (χ3n) is 4.52. The van der Waals surface area contributed by atoms with Crippen molar-refractivity contribution in [2.75, 3.05) is 5.32 Å². The van der Waals surface area contributed by atoms with Crippen molar-refractivity contribution in [2.24, 2.45) is 0 Å². The van der Waals surface area contributed by atoms with E-state index in [1.165, 1.54) is 4.68 Å². The minimum absolute atomic E-state index is 0.124. The molecule has 9 heteroatoms. The number of carbonyl (C=O) groups excluding carboxylic acids is 1. The number of aromatic nitrogens is 4. The lowest BCUT2D eigenvalue weighted by molar-refractivity contribution is 0.101. The molecule has 0 bridgehead atoms. The van der Waals surface area contributed by atoms with Crippen LogP contribution < -0.4 is 10.1 Å². The molecule has 2 heterocycles. The first-order chi connectivity index (χ1) is 15.0. The first kappa shape index (κ1) is 21.1. The van der Waals surface area contributed by atoms with Crippen molar-refractivity contribution < 1.29 is 9.53 Å². The van der Waals surface area contributed by atoms with Gasteiger partial charge in [0, 0.05) is 22.4 Å². The van der Waals surface area contributed by atoms with E-state index in [9.17, 15) is 4.79 Å². The van der Waals surface area contributed by atoms with Gasteiger partial charge in [0.05, 0.1) is 11.6 Å². The maximum Gasteiger partial charge on any atom is 0.277 e. The standard InChI is InChI=1S/C22H19BrClN5O2/c1-15-11-21(27-29(15)13-16-5-3-2-4-6-16)25-22(30)19-9-10-28(26-19)14-31-20-8-7-17(23)12-18(20)24/h2-12H,13-14H2,1H3,(H,25,27,30). The lowest BCUT2D eigenvalue weighted by atomic mass is 10.2. The normalized spacial score (nSPS) is 10.8. The number of aryl methyl sites for hydroxylation is 1. The van der Waals surface area contributed by atoms with Crippen molar-refractivity contribution in [1.82, 2.24) is 19.6 Å². The molecule has 4 rings (SSSR count). The fraction of sp³-hybridized carbons (Fsp3) is 0.136. The lowest BCUT2D eigenvalue weighted by Crippen LogP contribution is -2.15. The number of anilines is 1. The molecule has 0 fully saturated rings. The van der Waals surface area contributed by atoms with Crippen molar-refractivity contribution in [2.45, 2.75) is 20.2 Å². The Morgan fingerprint density at radius 1 is 1.13 bits per heavy atom. The molecule has 0 atom stereocenters. The van der Waals surface area contributed by atoms with E-state index in [0.29, 0.717) is 23.1 Å². The van der Waals surface area contributed by atoms with Crippen LogP contribution in [0.5, 0.6) is 5.75 Å². The summed E-state index contributed by atoms with van der Waals surface area (Å²) in [6.45, 7) is 2.71. The third kappa shape index (κ3) is 5.34. The molecule has 1 amide bonds. The zero-order valence-corrected chi connectivity index (χ0v) is 19.0. The second-order valence-corrected chi connectivity index (χ2v) is 8.18. The lowest BCUT2D eigenvalue weighted by Gasteiger charge is -2.08.